The van der Waals surface area contributed by atoms with Crippen LogP contribution in [-0.2, 0) is 4.79 Å². The first kappa shape index (κ1) is 18.5. The van der Waals surface area contributed by atoms with Gasteiger partial charge in [-0.15, -0.1) is 0 Å². The normalized spacial score (nSPS) is 12.9. The second kappa shape index (κ2) is 6.32. The smallest absolute Gasteiger partial charge is 0.389 e. The van der Waals surface area contributed by atoms with Crippen molar-refractivity contribution in [3.05, 3.63) is 0 Å². The molecule has 0 unspecified atom stereocenters. The molecule has 0 radical (unpaired) electrons. The summed E-state index contributed by atoms with van der Waals surface area (Å²) in [5.41, 5.74) is -2.29. The van der Waals surface area contributed by atoms with Gasteiger partial charge in [0.1, 0.15) is 0 Å². The van der Waals surface area contributed by atoms with E-state index in [0.29, 0.717) is 0 Å². The summed E-state index contributed by atoms with van der Waals surface area (Å²) in [5, 5.41) is 13.8. The molecule has 0 saturated carbocycles. The van der Waals surface area contributed by atoms with Crippen molar-refractivity contribution in [3.63, 3.8) is 0 Å². The van der Waals surface area contributed by atoms with Crippen LogP contribution in [0, 0.1) is 5.41 Å². The molecule has 0 spiro atoms. The van der Waals surface area contributed by atoms with E-state index in [2.05, 4.69) is 10.6 Å². The minimum absolute atomic E-state index is 0.130. The van der Waals surface area contributed by atoms with Crippen molar-refractivity contribution in [2.24, 2.45) is 5.41 Å². The fraction of sp³-hybridized carbons (Fsp3) is 0.833. The number of carboxylic acids is 1. The average Bonchev–Trinajstić information content (AvgIpc) is 2.22. The van der Waals surface area contributed by atoms with Crippen molar-refractivity contribution >= 4 is 12.0 Å². The maximum absolute atomic E-state index is 11.9. The Hall–Kier alpha value is -1.47. The van der Waals surface area contributed by atoms with Gasteiger partial charge in [0, 0.05) is 13.0 Å². The van der Waals surface area contributed by atoms with Gasteiger partial charge in [-0.2, -0.15) is 13.2 Å². The zero-order valence-corrected chi connectivity index (χ0v) is 12.0. The van der Waals surface area contributed by atoms with Crippen LogP contribution in [0.15, 0.2) is 0 Å². The number of carbonyl (C=O) groups excluding carboxylic acids is 1. The molecule has 0 aromatic rings. The number of halogens is 3. The third-order valence-electron chi connectivity index (χ3n) is 3.45. The zero-order chi connectivity index (χ0) is 16.2. The quantitative estimate of drug-likeness (QED) is 0.659. The van der Waals surface area contributed by atoms with E-state index < -0.39 is 35.6 Å². The lowest BCUT2D eigenvalue weighted by molar-refractivity contribution is -0.150. The standard InChI is InChI=1S/C12H21F3N2O3/c1-10(2,8(18)19)11(3,4)17-9(20)16-7-5-6-12(13,14)15/h5-7H2,1-4H3,(H,18,19)(H2,16,17,20). The summed E-state index contributed by atoms with van der Waals surface area (Å²) in [6, 6.07) is -0.688. The van der Waals surface area contributed by atoms with Gasteiger partial charge in [-0.25, -0.2) is 4.79 Å². The lowest BCUT2D eigenvalue weighted by atomic mass is 9.74. The first-order chi connectivity index (χ1) is 8.79. The predicted molar refractivity (Wildman–Crippen MR) is 67.3 cm³/mol. The highest BCUT2D eigenvalue weighted by Gasteiger charge is 2.44. The molecule has 0 aliphatic rings. The van der Waals surface area contributed by atoms with E-state index in [9.17, 15) is 22.8 Å². The summed E-state index contributed by atoms with van der Waals surface area (Å²) in [4.78, 5) is 22.7. The minimum Gasteiger partial charge on any atom is -0.481 e. The maximum Gasteiger partial charge on any atom is 0.389 e. The van der Waals surface area contributed by atoms with Crippen LogP contribution in [-0.4, -0.2) is 35.4 Å². The molecule has 118 valence electrons. The maximum atomic E-state index is 11.9. The zero-order valence-electron chi connectivity index (χ0n) is 12.0. The van der Waals surface area contributed by atoms with Crippen LogP contribution in [0.25, 0.3) is 0 Å². The highest BCUT2D eigenvalue weighted by molar-refractivity contribution is 5.79. The lowest BCUT2D eigenvalue weighted by Crippen LogP contribution is -2.59. The minimum atomic E-state index is -4.25. The van der Waals surface area contributed by atoms with Crippen LogP contribution in [0.1, 0.15) is 40.5 Å². The highest BCUT2D eigenvalue weighted by Crippen LogP contribution is 2.30. The Morgan fingerprint density at radius 3 is 2.00 bits per heavy atom. The van der Waals surface area contributed by atoms with Crippen molar-refractivity contribution in [3.8, 4) is 0 Å². The van der Waals surface area contributed by atoms with Gasteiger partial charge in [-0.3, -0.25) is 4.79 Å². The number of nitrogens with one attached hydrogen (secondary N) is 2. The third kappa shape index (κ3) is 5.66. The van der Waals surface area contributed by atoms with Crippen LogP contribution >= 0.6 is 0 Å². The number of hydrogen-bond acceptors (Lipinski definition) is 2. The van der Waals surface area contributed by atoms with E-state index in [1.54, 1.807) is 0 Å². The van der Waals surface area contributed by atoms with Crippen LogP contribution < -0.4 is 10.6 Å². The van der Waals surface area contributed by atoms with Crippen molar-refractivity contribution in [1.82, 2.24) is 10.6 Å². The Bertz CT molecular complexity index is 365. The number of rotatable bonds is 6. The molecule has 20 heavy (non-hydrogen) atoms. The molecule has 2 amide bonds. The number of aliphatic carboxylic acids is 1. The van der Waals surface area contributed by atoms with E-state index in [0.717, 1.165) is 0 Å². The average molecular weight is 298 g/mol. The van der Waals surface area contributed by atoms with Crippen molar-refractivity contribution in [1.29, 1.82) is 0 Å². The van der Waals surface area contributed by atoms with Crippen LogP contribution in [0.3, 0.4) is 0 Å². The van der Waals surface area contributed by atoms with E-state index >= 15 is 0 Å². The molecule has 0 bridgehead atoms. The van der Waals surface area contributed by atoms with Gasteiger partial charge in [-0.1, -0.05) is 0 Å². The molecule has 5 nitrogen and oxygen atoms in total. The van der Waals surface area contributed by atoms with Gasteiger partial charge in [0.15, 0.2) is 0 Å². The second-order valence-electron chi connectivity index (χ2n) is 5.65. The van der Waals surface area contributed by atoms with Gasteiger partial charge in [0.05, 0.1) is 11.0 Å². The molecule has 0 aromatic heterocycles. The molecule has 0 saturated heterocycles. The van der Waals surface area contributed by atoms with Gasteiger partial charge >= 0.3 is 18.2 Å². The molecule has 0 heterocycles. The van der Waals surface area contributed by atoms with Crippen molar-refractivity contribution in [2.45, 2.75) is 52.3 Å². The van der Waals surface area contributed by atoms with Gasteiger partial charge in [0.2, 0.25) is 0 Å². The summed E-state index contributed by atoms with van der Waals surface area (Å²) < 4.78 is 35.7. The number of carbonyl (C=O) groups is 2. The molecule has 0 aromatic carbocycles. The van der Waals surface area contributed by atoms with Crippen LogP contribution in [0.2, 0.25) is 0 Å². The molecule has 0 fully saturated rings. The van der Waals surface area contributed by atoms with Crippen molar-refractivity contribution < 1.29 is 27.9 Å². The Morgan fingerprint density at radius 2 is 1.60 bits per heavy atom. The lowest BCUT2D eigenvalue weighted by Gasteiger charge is -2.38. The Labute approximate surface area is 115 Å². The fourth-order valence-electron chi connectivity index (χ4n) is 1.24. The molecular formula is C12H21F3N2O3. The fourth-order valence-corrected chi connectivity index (χ4v) is 1.24. The molecular weight excluding hydrogens is 277 g/mol. The largest absolute Gasteiger partial charge is 0.481 e. The van der Waals surface area contributed by atoms with Crippen LogP contribution in [0.4, 0.5) is 18.0 Å². The number of carboxylic acid groups (broad SMARTS) is 1. The SMILES string of the molecule is CC(C)(NC(=O)NCCCC(F)(F)F)C(C)(C)C(=O)O. The third-order valence-corrected chi connectivity index (χ3v) is 3.45. The Balaban J connectivity index is 4.30. The number of alkyl halides is 3. The molecule has 0 aliphatic heterocycles. The van der Waals surface area contributed by atoms with E-state index in [4.69, 9.17) is 5.11 Å². The highest BCUT2D eigenvalue weighted by atomic mass is 19.4. The molecule has 0 aliphatic carbocycles. The van der Waals surface area contributed by atoms with Gasteiger partial charge < -0.3 is 15.7 Å². The van der Waals surface area contributed by atoms with Gasteiger partial charge in [-0.05, 0) is 34.1 Å². The molecule has 8 heteroatoms. The molecule has 3 N–H and O–H groups in total. The van der Waals surface area contributed by atoms with Crippen molar-refractivity contribution in [2.75, 3.05) is 6.54 Å². The van der Waals surface area contributed by atoms with E-state index in [1.807, 2.05) is 0 Å². The summed E-state index contributed by atoms with van der Waals surface area (Å²) in [6.45, 7) is 5.86. The van der Waals surface area contributed by atoms with Crippen LogP contribution in [0.5, 0.6) is 0 Å². The predicted octanol–water partition coefficient (Wildman–Crippen LogP) is 2.52. The second-order valence-corrected chi connectivity index (χ2v) is 5.65. The summed E-state index contributed by atoms with van der Waals surface area (Å²) in [6.07, 6.45) is -5.44. The van der Waals surface area contributed by atoms with E-state index in [-0.39, 0.29) is 13.0 Å². The summed E-state index contributed by atoms with van der Waals surface area (Å²) >= 11 is 0. The Morgan fingerprint density at radius 1 is 1.10 bits per heavy atom. The monoisotopic (exact) mass is 298 g/mol. The van der Waals surface area contributed by atoms with E-state index in [1.165, 1.54) is 27.7 Å². The Kier molecular flexibility index (Phi) is 5.86. The number of amides is 2. The first-order valence-corrected chi connectivity index (χ1v) is 6.16. The number of hydrogen-bond donors (Lipinski definition) is 3. The molecule has 0 rings (SSSR count). The topological polar surface area (TPSA) is 78.4 Å². The summed E-state index contributed by atoms with van der Waals surface area (Å²) in [7, 11) is 0. The summed E-state index contributed by atoms with van der Waals surface area (Å²) in [5.74, 6) is -1.08. The number of urea groups is 1. The molecule has 0 atom stereocenters. The van der Waals surface area contributed by atoms with Gasteiger partial charge in [0.25, 0.3) is 0 Å². The first-order valence-electron chi connectivity index (χ1n) is 6.16.